The fourth-order valence-corrected chi connectivity index (χ4v) is 7.49. The number of aromatic nitrogens is 3. The van der Waals surface area contributed by atoms with E-state index in [0.29, 0.717) is 56.6 Å². The number of hydrogen-bond donors (Lipinski definition) is 1. The second-order valence-electron chi connectivity index (χ2n) is 12.7. The van der Waals surface area contributed by atoms with Crippen LogP contribution in [0.1, 0.15) is 60.4 Å². The van der Waals surface area contributed by atoms with Gasteiger partial charge in [0.1, 0.15) is 18.2 Å². The molecule has 3 fully saturated rings. The second kappa shape index (κ2) is 12.1. The van der Waals surface area contributed by atoms with Gasteiger partial charge in [0.05, 0.1) is 53.9 Å². The molecule has 4 aliphatic rings. The van der Waals surface area contributed by atoms with Crippen LogP contribution in [0.15, 0.2) is 31.0 Å². The summed E-state index contributed by atoms with van der Waals surface area (Å²) in [6.45, 7) is 7.98. The van der Waals surface area contributed by atoms with Crippen molar-refractivity contribution < 1.29 is 9.53 Å². The molecule has 11 heteroatoms. The van der Waals surface area contributed by atoms with Crippen molar-refractivity contribution in [3.8, 4) is 18.0 Å². The first-order chi connectivity index (χ1) is 22.0. The molecule has 1 amide bonds. The average Bonchev–Trinajstić information content (AvgIpc) is 3.65. The van der Waals surface area contributed by atoms with Crippen LogP contribution in [-0.2, 0) is 17.8 Å². The summed E-state index contributed by atoms with van der Waals surface area (Å²) >= 11 is 0. The van der Waals surface area contributed by atoms with E-state index in [1.165, 1.54) is 30.2 Å². The van der Waals surface area contributed by atoms with Gasteiger partial charge in [-0.3, -0.25) is 9.89 Å². The molecule has 7 rings (SSSR count). The number of likely N-dealkylation sites (tertiary alicyclic amines) is 1. The molecule has 1 saturated carbocycles. The standard InChI is InChI=1S/C34H39N9O2/c1-3-31(44)43-16-15-42(19-23(43)10-12-35)33-26-11-14-41(32-25(22-6-7-22)8-9-29-28(32)18-37-39-29)20-30(26)38-34(27(33)17-36)45-21-24-5-4-13-40(24)2/h3,8-9,18,22-24H,1,4-7,10-11,13-16,19-21H2,2H3,(H,37,39). The Morgan fingerprint density at radius 2 is 2.00 bits per heavy atom. The van der Waals surface area contributed by atoms with Crippen LogP contribution in [0, 0.1) is 22.7 Å². The quantitative estimate of drug-likeness (QED) is 0.381. The number of nitrogens with one attached hydrogen (secondary N) is 1. The van der Waals surface area contributed by atoms with Crippen LogP contribution in [-0.4, -0.2) is 89.4 Å². The summed E-state index contributed by atoms with van der Waals surface area (Å²) in [5.74, 6) is 0.769. The molecule has 3 aromatic rings. The Balaban J connectivity index is 1.29. The number of carbonyl (C=O) groups is 1. The SMILES string of the molecule is C=CC(=O)N1CCN(c2c(C#N)c(OCC3CCCN3C)nc3c2CCN(c2c(C4CC4)ccc4[nH]ncc24)C3)CC1CC#N. The number of anilines is 2. The molecule has 5 heterocycles. The summed E-state index contributed by atoms with van der Waals surface area (Å²) in [5.41, 5.74) is 6.86. The van der Waals surface area contributed by atoms with Gasteiger partial charge in [-0.1, -0.05) is 12.6 Å². The lowest BCUT2D eigenvalue weighted by Gasteiger charge is -2.43. The molecule has 0 spiro atoms. The molecule has 45 heavy (non-hydrogen) atoms. The van der Waals surface area contributed by atoms with Crippen molar-refractivity contribution in [2.75, 3.05) is 56.2 Å². The lowest BCUT2D eigenvalue weighted by atomic mass is 9.95. The molecule has 2 unspecified atom stereocenters. The number of likely N-dealkylation sites (N-methyl/N-ethyl adjacent to an activating group) is 1. The highest BCUT2D eigenvalue weighted by Crippen LogP contribution is 2.48. The van der Waals surface area contributed by atoms with Crippen LogP contribution in [0.2, 0.25) is 0 Å². The number of piperazine rings is 1. The molecular weight excluding hydrogens is 566 g/mol. The number of carbonyl (C=O) groups excluding carboxylic acids is 1. The number of hydrogen-bond acceptors (Lipinski definition) is 9. The van der Waals surface area contributed by atoms with E-state index in [9.17, 15) is 15.3 Å². The maximum Gasteiger partial charge on any atom is 0.246 e. The summed E-state index contributed by atoms with van der Waals surface area (Å²) in [7, 11) is 2.11. The zero-order valence-electron chi connectivity index (χ0n) is 25.8. The molecule has 1 N–H and O–H groups in total. The number of aromatic amines is 1. The Labute approximate surface area is 263 Å². The van der Waals surface area contributed by atoms with Gasteiger partial charge in [-0.2, -0.15) is 15.6 Å². The van der Waals surface area contributed by atoms with Gasteiger partial charge in [0, 0.05) is 43.2 Å². The summed E-state index contributed by atoms with van der Waals surface area (Å²) in [4.78, 5) is 26.4. The fourth-order valence-electron chi connectivity index (χ4n) is 7.49. The normalized spacial score (nSPS) is 21.8. The molecular formula is C34H39N9O2. The van der Waals surface area contributed by atoms with Crippen LogP contribution in [0.3, 0.4) is 0 Å². The predicted molar refractivity (Wildman–Crippen MR) is 171 cm³/mol. The van der Waals surface area contributed by atoms with Gasteiger partial charge in [-0.25, -0.2) is 4.98 Å². The highest BCUT2D eigenvalue weighted by atomic mass is 16.5. The number of amides is 1. The van der Waals surface area contributed by atoms with Crippen molar-refractivity contribution in [2.45, 2.75) is 63.1 Å². The smallest absolute Gasteiger partial charge is 0.246 e. The maximum absolute atomic E-state index is 12.6. The Kier molecular flexibility index (Phi) is 7.80. The van der Waals surface area contributed by atoms with Gasteiger partial charge in [0.2, 0.25) is 11.8 Å². The minimum absolute atomic E-state index is 0.174. The van der Waals surface area contributed by atoms with Gasteiger partial charge in [-0.05, 0) is 69.3 Å². The van der Waals surface area contributed by atoms with Crippen LogP contribution in [0.5, 0.6) is 5.88 Å². The van der Waals surface area contributed by atoms with E-state index in [4.69, 9.17) is 9.72 Å². The van der Waals surface area contributed by atoms with Crippen LogP contribution in [0.25, 0.3) is 10.9 Å². The molecule has 1 aromatic carbocycles. The van der Waals surface area contributed by atoms with Gasteiger partial charge in [0.15, 0.2) is 0 Å². The molecule has 1 aliphatic carbocycles. The van der Waals surface area contributed by atoms with E-state index in [0.717, 1.165) is 53.8 Å². The molecule has 0 radical (unpaired) electrons. The summed E-state index contributed by atoms with van der Waals surface area (Å²) in [6, 6.07) is 9.06. The number of nitriles is 2. The molecule has 232 valence electrons. The first-order valence-corrected chi connectivity index (χ1v) is 16.1. The van der Waals surface area contributed by atoms with Crippen molar-refractivity contribution in [3.63, 3.8) is 0 Å². The third-order valence-corrected chi connectivity index (χ3v) is 10.0. The van der Waals surface area contributed by atoms with Crippen LogP contribution < -0.4 is 14.5 Å². The Bertz CT molecular complexity index is 1710. The van der Waals surface area contributed by atoms with Crippen molar-refractivity contribution in [1.82, 2.24) is 25.0 Å². The summed E-state index contributed by atoms with van der Waals surface area (Å²) in [5, 5.41) is 28.8. The van der Waals surface area contributed by atoms with Gasteiger partial charge in [0.25, 0.3) is 0 Å². The zero-order chi connectivity index (χ0) is 31.1. The van der Waals surface area contributed by atoms with Crippen molar-refractivity contribution in [3.05, 3.63) is 53.4 Å². The number of H-pyrrole nitrogens is 1. The lowest BCUT2D eigenvalue weighted by molar-refractivity contribution is -0.128. The van der Waals surface area contributed by atoms with Crippen molar-refractivity contribution in [2.24, 2.45) is 0 Å². The highest BCUT2D eigenvalue weighted by Gasteiger charge is 2.36. The lowest BCUT2D eigenvalue weighted by Crippen LogP contribution is -2.55. The Morgan fingerprint density at radius 1 is 1.13 bits per heavy atom. The van der Waals surface area contributed by atoms with E-state index in [2.05, 4.69) is 62.8 Å². The van der Waals surface area contributed by atoms with E-state index in [1.54, 1.807) is 4.90 Å². The van der Waals surface area contributed by atoms with Crippen LogP contribution >= 0.6 is 0 Å². The third kappa shape index (κ3) is 5.36. The monoisotopic (exact) mass is 605 g/mol. The minimum atomic E-state index is -0.305. The highest BCUT2D eigenvalue weighted by molar-refractivity contribution is 5.94. The number of rotatable bonds is 8. The first-order valence-electron chi connectivity index (χ1n) is 16.1. The molecule has 2 atom stereocenters. The number of nitrogens with zero attached hydrogens (tertiary/aromatic N) is 8. The first kappa shape index (κ1) is 29.1. The van der Waals surface area contributed by atoms with E-state index >= 15 is 0 Å². The van der Waals surface area contributed by atoms with Gasteiger partial charge < -0.3 is 24.3 Å². The molecule has 0 bridgehead atoms. The molecule has 2 saturated heterocycles. The number of ether oxygens (including phenoxy) is 1. The molecule has 11 nitrogen and oxygen atoms in total. The summed E-state index contributed by atoms with van der Waals surface area (Å²) < 4.78 is 6.44. The largest absolute Gasteiger partial charge is 0.475 e. The van der Waals surface area contributed by atoms with Crippen molar-refractivity contribution in [1.29, 1.82) is 10.5 Å². The number of benzene rings is 1. The van der Waals surface area contributed by atoms with E-state index in [-0.39, 0.29) is 24.4 Å². The Hall–Kier alpha value is -4.61. The second-order valence-corrected chi connectivity index (χ2v) is 12.7. The third-order valence-electron chi connectivity index (χ3n) is 10.0. The zero-order valence-corrected chi connectivity index (χ0v) is 25.8. The predicted octanol–water partition coefficient (Wildman–Crippen LogP) is 3.86. The number of fused-ring (bicyclic) bond motifs is 2. The van der Waals surface area contributed by atoms with Gasteiger partial charge in [-0.15, -0.1) is 0 Å². The number of pyridine rings is 1. The van der Waals surface area contributed by atoms with E-state index in [1.807, 2.05) is 6.20 Å². The minimum Gasteiger partial charge on any atom is -0.475 e. The maximum atomic E-state index is 12.6. The molecule has 3 aliphatic heterocycles. The topological polar surface area (TPSA) is 128 Å². The van der Waals surface area contributed by atoms with Crippen molar-refractivity contribution >= 4 is 28.2 Å². The van der Waals surface area contributed by atoms with Gasteiger partial charge >= 0.3 is 0 Å². The molecule has 2 aromatic heterocycles. The van der Waals surface area contributed by atoms with Crippen LogP contribution in [0.4, 0.5) is 11.4 Å². The summed E-state index contributed by atoms with van der Waals surface area (Å²) in [6.07, 6.45) is 8.74. The Morgan fingerprint density at radius 3 is 2.73 bits per heavy atom. The van der Waals surface area contributed by atoms with E-state index < -0.39 is 0 Å². The fraction of sp³-hybridized carbons (Fsp3) is 0.500. The average molecular weight is 606 g/mol.